The molecule has 2 bridgehead atoms. The summed E-state index contributed by atoms with van der Waals surface area (Å²) in [5, 5.41) is 5.28. The Balaban J connectivity index is 1.43. The van der Waals surface area contributed by atoms with Crippen molar-refractivity contribution in [2.24, 2.45) is 7.05 Å². The number of piperazine rings is 1. The highest BCUT2D eigenvalue weighted by Gasteiger charge is 2.36. The Kier molecular flexibility index (Phi) is 5.77. The van der Waals surface area contributed by atoms with Crippen LogP contribution in [0.2, 0.25) is 5.02 Å². The third kappa shape index (κ3) is 3.70. The highest BCUT2D eigenvalue weighted by Crippen LogP contribution is 2.40. The van der Waals surface area contributed by atoms with Gasteiger partial charge in [0.1, 0.15) is 10.7 Å². The second-order valence-corrected chi connectivity index (χ2v) is 11.3. The van der Waals surface area contributed by atoms with E-state index in [-0.39, 0.29) is 17.9 Å². The van der Waals surface area contributed by atoms with E-state index in [0.29, 0.717) is 33.1 Å². The number of nitrogens with one attached hydrogen (secondary N) is 2. The van der Waals surface area contributed by atoms with E-state index < -0.39 is 0 Å². The molecule has 2 aliphatic heterocycles. The van der Waals surface area contributed by atoms with E-state index in [0.717, 1.165) is 53.2 Å². The van der Waals surface area contributed by atoms with E-state index in [1.54, 1.807) is 30.6 Å². The second kappa shape index (κ2) is 8.86. The zero-order valence-electron chi connectivity index (χ0n) is 20.5. The number of benzene rings is 1. The average Bonchev–Trinajstić information content (AvgIpc) is 3.45. The molecule has 2 atom stereocenters. The topological polar surface area (TPSA) is 99.2 Å². The first-order chi connectivity index (χ1) is 17.3. The molecule has 1 amide bonds. The molecule has 9 nitrogen and oxygen atoms in total. The van der Waals surface area contributed by atoms with Gasteiger partial charge in [0.15, 0.2) is 0 Å². The Morgan fingerprint density at radius 3 is 2.67 bits per heavy atom. The molecule has 2 fully saturated rings. The Bertz CT molecular complexity index is 1530. The van der Waals surface area contributed by atoms with Gasteiger partial charge in [0.25, 0.3) is 5.56 Å². The number of anilines is 1. The van der Waals surface area contributed by atoms with Gasteiger partial charge in [-0.15, -0.1) is 11.3 Å². The van der Waals surface area contributed by atoms with Crippen LogP contribution >= 0.6 is 22.9 Å². The van der Waals surface area contributed by atoms with Crippen molar-refractivity contribution in [2.45, 2.75) is 37.8 Å². The zero-order chi connectivity index (χ0) is 25.1. The summed E-state index contributed by atoms with van der Waals surface area (Å²) in [5.74, 6) is 0.706. The van der Waals surface area contributed by atoms with Gasteiger partial charge < -0.3 is 20.1 Å². The summed E-state index contributed by atoms with van der Waals surface area (Å²) in [5.41, 5.74) is 2.68. The predicted octanol–water partition coefficient (Wildman–Crippen LogP) is 3.15. The van der Waals surface area contributed by atoms with Gasteiger partial charge in [-0.05, 0) is 25.3 Å². The predicted molar refractivity (Wildman–Crippen MR) is 144 cm³/mol. The molecular weight excluding hydrogens is 498 g/mol. The average molecular weight is 526 g/mol. The molecule has 4 aromatic rings. The SMILES string of the molecule is CN(C)C(=O)Cc1nc2ccc(-c3c[nH]c4nc(N5C6CCCC5CNC6)n(C)c(=O)c34)c(Cl)c2s1. The normalized spacial score (nSPS) is 19.8. The Labute approximate surface area is 217 Å². The standard InChI is InChI=1S/C25H28ClN7O2S/c1-31(2)19(34)9-18-29-17-8-7-15(21(26)22(17)36-18)16-12-28-23-20(16)24(35)32(3)25(30-23)33-13-5-4-6-14(33)11-27-10-13/h7-8,12-14,27-28H,4-6,9-11H2,1-3H3. The van der Waals surface area contributed by atoms with Crippen LogP contribution in [0.4, 0.5) is 5.95 Å². The van der Waals surface area contributed by atoms with Gasteiger partial charge in [0, 0.05) is 63.6 Å². The minimum atomic E-state index is -0.0967. The maximum absolute atomic E-state index is 13.7. The molecule has 5 heterocycles. The fourth-order valence-electron chi connectivity index (χ4n) is 5.48. The Morgan fingerprint density at radius 1 is 1.19 bits per heavy atom. The maximum atomic E-state index is 13.7. The van der Waals surface area contributed by atoms with Crippen LogP contribution in [-0.2, 0) is 18.3 Å². The van der Waals surface area contributed by atoms with E-state index >= 15 is 0 Å². The lowest BCUT2D eigenvalue weighted by Crippen LogP contribution is -2.61. The largest absolute Gasteiger partial charge is 0.348 e. The molecule has 2 N–H and O–H groups in total. The molecule has 188 valence electrons. The van der Waals surface area contributed by atoms with Crippen molar-refractivity contribution in [1.82, 2.24) is 29.7 Å². The lowest BCUT2D eigenvalue weighted by Gasteiger charge is -2.47. The number of carbonyl (C=O) groups excluding carboxylic acids is 1. The summed E-state index contributed by atoms with van der Waals surface area (Å²) in [6.45, 7) is 1.82. The molecular formula is C25H28ClN7O2S. The number of fused-ring (bicyclic) bond motifs is 4. The van der Waals surface area contributed by atoms with E-state index in [2.05, 4.69) is 20.2 Å². The molecule has 3 aromatic heterocycles. The van der Waals surface area contributed by atoms with Gasteiger partial charge in [-0.2, -0.15) is 4.98 Å². The zero-order valence-corrected chi connectivity index (χ0v) is 22.0. The molecule has 11 heteroatoms. The van der Waals surface area contributed by atoms with Crippen molar-refractivity contribution in [3.63, 3.8) is 0 Å². The van der Waals surface area contributed by atoms with Gasteiger partial charge in [-0.3, -0.25) is 14.2 Å². The number of likely N-dealkylation sites (N-methyl/N-ethyl adjacent to an activating group) is 1. The number of carbonyl (C=O) groups is 1. The quantitative estimate of drug-likeness (QED) is 0.424. The number of nitrogens with zero attached hydrogens (tertiary/aromatic N) is 5. The van der Waals surface area contributed by atoms with Gasteiger partial charge >= 0.3 is 0 Å². The maximum Gasteiger partial charge on any atom is 0.264 e. The van der Waals surface area contributed by atoms with Crippen LogP contribution in [0.3, 0.4) is 0 Å². The van der Waals surface area contributed by atoms with Crippen molar-refractivity contribution < 1.29 is 4.79 Å². The highest BCUT2D eigenvalue weighted by atomic mass is 35.5. The molecule has 2 saturated heterocycles. The minimum absolute atomic E-state index is 0.0129. The lowest BCUT2D eigenvalue weighted by atomic mass is 9.93. The number of halogens is 1. The van der Waals surface area contributed by atoms with Crippen molar-refractivity contribution in [3.05, 3.63) is 38.7 Å². The fourth-order valence-corrected chi connectivity index (χ4v) is 6.85. The molecule has 0 aliphatic carbocycles. The van der Waals surface area contributed by atoms with Crippen LogP contribution in [0.25, 0.3) is 32.4 Å². The molecule has 6 rings (SSSR count). The summed E-state index contributed by atoms with van der Waals surface area (Å²) < 4.78 is 2.49. The number of H-pyrrole nitrogens is 1. The fraction of sp³-hybridized carbons (Fsp3) is 0.440. The lowest BCUT2D eigenvalue weighted by molar-refractivity contribution is -0.127. The van der Waals surface area contributed by atoms with Crippen molar-refractivity contribution in [2.75, 3.05) is 32.1 Å². The Morgan fingerprint density at radius 2 is 1.94 bits per heavy atom. The van der Waals surface area contributed by atoms with Crippen molar-refractivity contribution >= 4 is 56.0 Å². The summed E-state index contributed by atoms with van der Waals surface area (Å²) >= 11 is 8.28. The first-order valence-corrected chi connectivity index (χ1v) is 13.4. The van der Waals surface area contributed by atoms with Gasteiger partial charge in [-0.1, -0.05) is 17.7 Å². The van der Waals surface area contributed by atoms with Crippen LogP contribution < -0.4 is 15.8 Å². The summed E-state index contributed by atoms with van der Waals surface area (Å²) in [4.78, 5) is 42.5. The molecule has 36 heavy (non-hydrogen) atoms. The number of thiazole rings is 1. The van der Waals surface area contributed by atoms with Crippen LogP contribution in [0.1, 0.15) is 24.3 Å². The van der Waals surface area contributed by atoms with E-state index in [9.17, 15) is 9.59 Å². The number of amides is 1. The number of aromatic amines is 1. The van der Waals surface area contributed by atoms with Gasteiger partial charge in [0.05, 0.1) is 27.0 Å². The number of aromatic nitrogens is 4. The summed E-state index contributed by atoms with van der Waals surface area (Å²) in [6, 6.07) is 4.47. The van der Waals surface area contributed by atoms with Crippen LogP contribution in [0.15, 0.2) is 23.1 Å². The molecule has 0 radical (unpaired) electrons. The van der Waals surface area contributed by atoms with Gasteiger partial charge in [0.2, 0.25) is 11.9 Å². The highest BCUT2D eigenvalue weighted by molar-refractivity contribution is 7.19. The molecule has 2 unspecified atom stereocenters. The third-order valence-electron chi connectivity index (χ3n) is 7.37. The molecule has 0 spiro atoms. The molecule has 1 aromatic carbocycles. The van der Waals surface area contributed by atoms with Crippen LogP contribution in [0.5, 0.6) is 0 Å². The second-order valence-electron chi connectivity index (χ2n) is 9.85. The minimum Gasteiger partial charge on any atom is -0.348 e. The first kappa shape index (κ1) is 23.4. The molecule has 0 saturated carbocycles. The smallest absolute Gasteiger partial charge is 0.264 e. The monoisotopic (exact) mass is 525 g/mol. The van der Waals surface area contributed by atoms with Crippen molar-refractivity contribution in [3.8, 4) is 11.1 Å². The molecule has 2 aliphatic rings. The van der Waals surface area contributed by atoms with E-state index in [4.69, 9.17) is 16.6 Å². The third-order valence-corrected chi connectivity index (χ3v) is 8.97. The van der Waals surface area contributed by atoms with Crippen LogP contribution in [-0.4, -0.2) is 69.6 Å². The number of hydrogen-bond acceptors (Lipinski definition) is 7. The number of piperidine rings is 1. The number of hydrogen-bond donors (Lipinski definition) is 2. The van der Waals surface area contributed by atoms with E-state index in [1.165, 1.54) is 17.8 Å². The summed E-state index contributed by atoms with van der Waals surface area (Å²) in [6.07, 6.45) is 5.44. The van der Waals surface area contributed by atoms with E-state index in [1.807, 2.05) is 18.3 Å². The van der Waals surface area contributed by atoms with Gasteiger partial charge in [-0.25, -0.2) is 4.98 Å². The first-order valence-electron chi connectivity index (χ1n) is 12.2. The number of rotatable bonds is 4. The van der Waals surface area contributed by atoms with Crippen molar-refractivity contribution in [1.29, 1.82) is 0 Å². The summed E-state index contributed by atoms with van der Waals surface area (Å²) in [7, 11) is 5.26. The Hall–Kier alpha value is -2.95. The van der Waals surface area contributed by atoms with Crippen LogP contribution in [0, 0.1) is 0 Å².